The quantitative estimate of drug-likeness (QED) is 0.251. The van der Waals surface area contributed by atoms with Gasteiger partial charge >= 0.3 is 5.92 Å². The summed E-state index contributed by atoms with van der Waals surface area (Å²) >= 11 is 12.2. The van der Waals surface area contributed by atoms with E-state index >= 15 is 0 Å². The molecule has 0 fully saturated rings. The van der Waals surface area contributed by atoms with Gasteiger partial charge in [0.2, 0.25) is 5.91 Å². The van der Waals surface area contributed by atoms with E-state index in [0.717, 1.165) is 0 Å². The van der Waals surface area contributed by atoms with Gasteiger partial charge in [-0.1, -0.05) is 29.3 Å². The Morgan fingerprint density at radius 2 is 2.00 bits per heavy atom. The van der Waals surface area contributed by atoms with Crippen LogP contribution in [-0.2, 0) is 23.7 Å². The van der Waals surface area contributed by atoms with E-state index in [4.69, 9.17) is 23.2 Å². The Kier molecular flexibility index (Phi) is 7.61. The van der Waals surface area contributed by atoms with Crippen molar-refractivity contribution < 1.29 is 18.3 Å². The molecule has 0 atom stereocenters. The summed E-state index contributed by atoms with van der Waals surface area (Å²) in [6, 6.07) is 11.9. The van der Waals surface area contributed by atoms with E-state index in [9.17, 15) is 18.8 Å². The number of aromatic nitrogens is 5. The van der Waals surface area contributed by atoms with Crippen LogP contribution in [0.2, 0.25) is 10.0 Å². The fourth-order valence-electron chi connectivity index (χ4n) is 3.38. The molecule has 0 saturated heterocycles. The maximum Gasteiger partial charge on any atom is 0.325 e. The normalized spacial score (nSPS) is 11.3. The number of rotatable bonds is 9. The molecule has 0 aliphatic carbocycles. The molecular weight excluding hydrogens is 515 g/mol. The number of hydrogen-bond acceptors (Lipinski definition) is 6. The summed E-state index contributed by atoms with van der Waals surface area (Å²) < 4.78 is 30.7. The second kappa shape index (κ2) is 10.8. The average Bonchev–Trinajstić information content (AvgIpc) is 3.40. The molecule has 1 amide bonds. The number of anilines is 1. The van der Waals surface area contributed by atoms with Crippen LogP contribution in [0.25, 0.3) is 5.69 Å². The summed E-state index contributed by atoms with van der Waals surface area (Å²) in [5.41, 5.74) is 0.793. The summed E-state index contributed by atoms with van der Waals surface area (Å²) in [6.07, 6.45) is 3.76. The molecule has 0 unspecified atom stereocenters. The van der Waals surface area contributed by atoms with Crippen molar-refractivity contribution >= 4 is 34.9 Å². The van der Waals surface area contributed by atoms with Crippen molar-refractivity contribution in [2.75, 3.05) is 11.9 Å². The minimum Gasteiger partial charge on any atom is -0.710 e. The molecule has 0 spiro atoms. The topological polar surface area (TPSA) is 112 Å². The highest BCUT2D eigenvalue weighted by atomic mass is 35.5. The van der Waals surface area contributed by atoms with Gasteiger partial charge in [-0.2, -0.15) is 13.9 Å². The first kappa shape index (κ1) is 25.3. The van der Waals surface area contributed by atoms with Crippen molar-refractivity contribution in [3.8, 4) is 5.69 Å². The van der Waals surface area contributed by atoms with Crippen LogP contribution in [0.3, 0.4) is 0 Å². The number of pyridine rings is 2. The third-order valence-corrected chi connectivity index (χ3v) is 5.75. The van der Waals surface area contributed by atoms with Gasteiger partial charge in [-0.15, -0.1) is 0 Å². The van der Waals surface area contributed by atoms with Crippen molar-refractivity contribution in [2.45, 2.75) is 18.9 Å². The molecule has 186 valence electrons. The molecule has 9 nitrogen and oxygen atoms in total. The molecule has 13 heteroatoms. The second-order valence-corrected chi connectivity index (χ2v) is 8.49. The first-order valence-electron chi connectivity index (χ1n) is 10.6. The zero-order valence-electron chi connectivity index (χ0n) is 18.5. The number of carbonyl (C=O) groups excluding carboxylic acids is 1. The molecule has 4 aromatic rings. The molecule has 2 N–H and O–H groups in total. The molecule has 4 rings (SSSR count). The Morgan fingerprint density at radius 3 is 2.72 bits per heavy atom. The summed E-state index contributed by atoms with van der Waals surface area (Å²) in [6.45, 7) is -0.793. The fourth-order valence-corrected chi connectivity index (χ4v) is 3.78. The monoisotopic (exact) mass is 533 g/mol. The lowest BCUT2D eigenvalue weighted by atomic mass is 10.1. The lowest BCUT2D eigenvalue weighted by molar-refractivity contribution is -0.598. The van der Waals surface area contributed by atoms with Crippen molar-refractivity contribution in [3.05, 3.63) is 99.6 Å². The van der Waals surface area contributed by atoms with Gasteiger partial charge in [-0.25, -0.2) is 14.4 Å². The molecule has 0 saturated carbocycles. The van der Waals surface area contributed by atoms with E-state index in [1.165, 1.54) is 53.9 Å². The highest BCUT2D eigenvalue weighted by Gasteiger charge is 2.35. The lowest BCUT2D eigenvalue weighted by Crippen LogP contribution is -2.40. The molecule has 0 bridgehead atoms. The zero-order valence-corrected chi connectivity index (χ0v) is 20.0. The van der Waals surface area contributed by atoms with E-state index < -0.39 is 24.1 Å². The number of halogens is 4. The Bertz CT molecular complexity index is 1360. The number of alkyl halides is 2. The Labute approximate surface area is 214 Å². The predicted molar refractivity (Wildman–Crippen MR) is 129 cm³/mol. The number of benzene rings is 1. The van der Waals surface area contributed by atoms with Crippen LogP contribution in [0.15, 0.2) is 67.4 Å². The highest BCUT2D eigenvalue weighted by Crippen LogP contribution is 2.26. The van der Waals surface area contributed by atoms with Crippen LogP contribution in [-0.4, -0.2) is 32.2 Å². The number of hydrogen-bond donors (Lipinski definition) is 2. The molecule has 0 aliphatic heterocycles. The molecule has 36 heavy (non-hydrogen) atoms. The van der Waals surface area contributed by atoms with E-state index in [1.54, 1.807) is 18.2 Å². The van der Waals surface area contributed by atoms with E-state index in [2.05, 4.69) is 25.7 Å². The van der Waals surface area contributed by atoms with Crippen LogP contribution in [0.5, 0.6) is 0 Å². The van der Waals surface area contributed by atoms with Crippen molar-refractivity contribution in [3.63, 3.8) is 0 Å². The van der Waals surface area contributed by atoms with Crippen LogP contribution >= 0.6 is 23.2 Å². The van der Waals surface area contributed by atoms with Gasteiger partial charge < -0.3 is 10.5 Å². The fraction of sp³-hybridized carbons (Fsp3) is 0.174. The van der Waals surface area contributed by atoms with Crippen molar-refractivity contribution in [1.82, 2.24) is 25.1 Å². The number of carbonyl (C=O) groups is 1. The highest BCUT2D eigenvalue weighted by molar-refractivity contribution is 6.31. The average molecular weight is 534 g/mol. The third kappa shape index (κ3) is 5.86. The van der Waals surface area contributed by atoms with E-state index in [-0.39, 0.29) is 29.5 Å². The predicted octanol–water partition coefficient (Wildman–Crippen LogP) is 3.67. The molecular formula is C23H19Cl2F2N7O2. The summed E-state index contributed by atoms with van der Waals surface area (Å²) in [5.74, 6) is -4.02. The lowest BCUT2D eigenvalue weighted by Gasteiger charge is -2.18. The standard InChI is InChI=1S/C23H19Cl2F2N7O2/c24-16-4-6-18(33-14-28-13-32-33)15(9-16)11-30-22(35)10-19-17(25)5-7-21(34(19)36)31-12-23(26,27)20-3-1-2-8-29-20/h1-9,13-14,31H,10-12H2,(H,30,35). The van der Waals surface area contributed by atoms with Gasteiger partial charge in [0.15, 0.2) is 6.54 Å². The minimum atomic E-state index is -3.33. The second-order valence-electron chi connectivity index (χ2n) is 7.65. The first-order valence-corrected chi connectivity index (χ1v) is 11.3. The van der Waals surface area contributed by atoms with Gasteiger partial charge in [-0.3, -0.25) is 15.1 Å². The zero-order chi connectivity index (χ0) is 25.7. The van der Waals surface area contributed by atoms with Crippen LogP contribution < -0.4 is 15.4 Å². The summed E-state index contributed by atoms with van der Waals surface area (Å²) in [4.78, 5) is 20.2. The minimum absolute atomic E-state index is 0.0215. The van der Waals surface area contributed by atoms with Crippen LogP contribution in [0, 0.1) is 5.21 Å². The molecule has 1 aromatic carbocycles. The molecule has 3 heterocycles. The first-order chi connectivity index (χ1) is 17.2. The summed E-state index contributed by atoms with van der Waals surface area (Å²) in [7, 11) is 0. The number of amides is 1. The number of nitrogens with one attached hydrogen (secondary N) is 2. The van der Waals surface area contributed by atoms with Gasteiger partial charge in [0.25, 0.3) is 5.82 Å². The number of nitrogens with zero attached hydrogens (tertiary/aromatic N) is 5. The van der Waals surface area contributed by atoms with Crippen LogP contribution in [0.4, 0.5) is 14.6 Å². The Morgan fingerprint density at radius 1 is 1.17 bits per heavy atom. The summed E-state index contributed by atoms with van der Waals surface area (Å²) in [5, 5.41) is 22.5. The van der Waals surface area contributed by atoms with Gasteiger partial charge in [-0.05, 0) is 42.0 Å². The van der Waals surface area contributed by atoms with Gasteiger partial charge in [0, 0.05) is 23.8 Å². The van der Waals surface area contributed by atoms with Gasteiger partial charge in [0.1, 0.15) is 24.0 Å². The van der Waals surface area contributed by atoms with E-state index in [0.29, 0.717) is 21.0 Å². The van der Waals surface area contributed by atoms with Gasteiger partial charge in [0.05, 0.1) is 17.1 Å². The van der Waals surface area contributed by atoms with Crippen molar-refractivity contribution in [1.29, 1.82) is 0 Å². The maximum absolute atomic E-state index is 14.4. The van der Waals surface area contributed by atoms with E-state index in [1.807, 2.05) is 0 Å². The Balaban J connectivity index is 1.44. The smallest absolute Gasteiger partial charge is 0.325 e. The SMILES string of the molecule is O=C(Cc1c(Cl)ccc(NCC(F)(F)c2ccccn2)[n+]1[O-])NCc1cc(Cl)ccc1-n1cncn1. The van der Waals surface area contributed by atoms with Crippen LogP contribution in [0.1, 0.15) is 17.0 Å². The Hall–Kier alpha value is -3.83. The molecule has 0 radical (unpaired) electrons. The van der Waals surface area contributed by atoms with Crippen molar-refractivity contribution in [2.24, 2.45) is 0 Å². The maximum atomic E-state index is 14.4. The third-order valence-electron chi connectivity index (χ3n) is 5.17. The largest absolute Gasteiger partial charge is 0.710 e. The molecule has 0 aliphatic rings. The molecule has 3 aromatic heterocycles.